The van der Waals surface area contributed by atoms with E-state index in [4.69, 9.17) is 4.74 Å². The van der Waals surface area contributed by atoms with Gasteiger partial charge in [-0.2, -0.15) is 0 Å². The SMILES string of the molecule is Fc1ccc(OCC2CCCN(CC=Cc3ccccc3)C2)cc1. The lowest BCUT2D eigenvalue weighted by molar-refractivity contribution is 0.140. The van der Waals surface area contributed by atoms with Crippen LogP contribution in [0.25, 0.3) is 6.08 Å². The average molecular weight is 325 g/mol. The Morgan fingerprint density at radius 2 is 1.88 bits per heavy atom. The molecule has 0 aromatic heterocycles. The van der Waals surface area contributed by atoms with Crippen LogP contribution in [-0.2, 0) is 0 Å². The van der Waals surface area contributed by atoms with Gasteiger partial charge in [0.15, 0.2) is 0 Å². The number of halogens is 1. The highest BCUT2D eigenvalue weighted by atomic mass is 19.1. The third-order valence-electron chi connectivity index (χ3n) is 4.38. The Morgan fingerprint density at radius 1 is 1.08 bits per heavy atom. The molecule has 2 aromatic rings. The first kappa shape index (κ1) is 16.7. The second-order valence-electron chi connectivity index (χ2n) is 6.35. The third-order valence-corrected chi connectivity index (χ3v) is 4.38. The van der Waals surface area contributed by atoms with E-state index in [0.717, 1.165) is 25.4 Å². The largest absolute Gasteiger partial charge is 0.493 e. The lowest BCUT2D eigenvalue weighted by atomic mass is 9.99. The summed E-state index contributed by atoms with van der Waals surface area (Å²) in [6.07, 6.45) is 6.81. The second-order valence-corrected chi connectivity index (χ2v) is 6.35. The highest BCUT2D eigenvalue weighted by molar-refractivity contribution is 5.48. The number of hydrogen-bond donors (Lipinski definition) is 0. The molecule has 1 unspecified atom stereocenters. The van der Waals surface area contributed by atoms with Gasteiger partial charge >= 0.3 is 0 Å². The fourth-order valence-electron chi connectivity index (χ4n) is 3.10. The van der Waals surface area contributed by atoms with Gasteiger partial charge in [-0.1, -0.05) is 42.5 Å². The summed E-state index contributed by atoms with van der Waals surface area (Å²) in [5.74, 6) is 1.06. The van der Waals surface area contributed by atoms with Gasteiger partial charge in [0.25, 0.3) is 0 Å². The van der Waals surface area contributed by atoms with Crippen molar-refractivity contribution in [3.05, 3.63) is 72.1 Å². The maximum Gasteiger partial charge on any atom is 0.123 e. The van der Waals surface area contributed by atoms with Gasteiger partial charge in [0.2, 0.25) is 0 Å². The Bertz CT molecular complexity index is 639. The number of hydrogen-bond acceptors (Lipinski definition) is 2. The van der Waals surface area contributed by atoms with E-state index in [1.165, 1.54) is 30.5 Å². The first-order chi connectivity index (χ1) is 11.8. The van der Waals surface area contributed by atoms with E-state index in [9.17, 15) is 4.39 Å². The van der Waals surface area contributed by atoms with Crippen LogP contribution in [-0.4, -0.2) is 31.1 Å². The smallest absolute Gasteiger partial charge is 0.123 e. The lowest BCUT2D eigenvalue weighted by Crippen LogP contribution is -2.37. The Labute approximate surface area is 143 Å². The molecule has 0 bridgehead atoms. The molecule has 0 amide bonds. The van der Waals surface area contributed by atoms with Crippen molar-refractivity contribution in [1.29, 1.82) is 0 Å². The van der Waals surface area contributed by atoms with E-state index in [0.29, 0.717) is 12.5 Å². The second kappa shape index (κ2) is 8.65. The molecule has 0 aliphatic carbocycles. The molecule has 0 spiro atoms. The van der Waals surface area contributed by atoms with Crippen LogP contribution >= 0.6 is 0 Å². The van der Waals surface area contributed by atoms with Gasteiger partial charge in [0.05, 0.1) is 6.61 Å². The fraction of sp³-hybridized carbons (Fsp3) is 0.333. The highest BCUT2D eigenvalue weighted by Crippen LogP contribution is 2.19. The molecule has 1 aliphatic heterocycles. The average Bonchev–Trinajstić information content (AvgIpc) is 2.63. The van der Waals surface area contributed by atoms with E-state index in [-0.39, 0.29) is 5.82 Å². The summed E-state index contributed by atoms with van der Waals surface area (Å²) in [6, 6.07) is 16.7. The summed E-state index contributed by atoms with van der Waals surface area (Å²) < 4.78 is 18.7. The van der Waals surface area contributed by atoms with Crippen LogP contribution in [0, 0.1) is 11.7 Å². The zero-order valence-corrected chi connectivity index (χ0v) is 13.9. The van der Waals surface area contributed by atoms with Gasteiger partial charge in [-0.15, -0.1) is 0 Å². The molecule has 1 saturated heterocycles. The van der Waals surface area contributed by atoms with Gasteiger partial charge in [-0.05, 0) is 49.2 Å². The van der Waals surface area contributed by atoms with E-state index in [1.54, 1.807) is 12.1 Å². The van der Waals surface area contributed by atoms with Crippen molar-refractivity contribution in [2.24, 2.45) is 5.92 Å². The van der Waals surface area contributed by atoms with Crippen molar-refractivity contribution in [2.45, 2.75) is 12.8 Å². The van der Waals surface area contributed by atoms with Crippen molar-refractivity contribution in [2.75, 3.05) is 26.2 Å². The monoisotopic (exact) mass is 325 g/mol. The van der Waals surface area contributed by atoms with Crippen LogP contribution in [0.4, 0.5) is 4.39 Å². The summed E-state index contributed by atoms with van der Waals surface area (Å²) >= 11 is 0. The Balaban J connectivity index is 1.44. The van der Waals surface area contributed by atoms with Gasteiger partial charge in [0, 0.05) is 19.0 Å². The summed E-state index contributed by atoms with van der Waals surface area (Å²) in [5, 5.41) is 0. The van der Waals surface area contributed by atoms with Crippen molar-refractivity contribution in [3.63, 3.8) is 0 Å². The molecule has 24 heavy (non-hydrogen) atoms. The molecule has 1 aliphatic rings. The number of benzene rings is 2. The van der Waals surface area contributed by atoms with E-state index in [1.807, 2.05) is 6.07 Å². The molecule has 1 heterocycles. The minimum Gasteiger partial charge on any atom is -0.493 e. The maximum absolute atomic E-state index is 12.9. The molecule has 2 aromatic carbocycles. The van der Waals surface area contributed by atoms with Gasteiger partial charge in [-0.25, -0.2) is 4.39 Å². The molecule has 1 fully saturated rings. The Morgan fingerprint density at radius 3 is 2.67 bits per heavy atom. The van der Waals surface area contributed by atoms with Gasteiger partial charge in [-0.3, -0.25) is 4.90 Å². The number of rotatable bonds is 6. The molecular formula is C21H24FNO. The zero-order valence-electron chi connectivity index (χ0n) is 13.9. The lowest BCUT2D eigenvalue weighted by Gasteiger charge is -2.31. The zero-order chi connectivity index (χ0) is 16.6. The van der Waals surface area contributed by atoms with Crippen LogP contribution in [0.3, 0.4) is 0 Å². The molecule has 0 N–H and O–H groups in total. The molecule has 0 radical (unpaired) electrons. The molecule has 2 nitrogen and oxygen atoms in total. The molecule has 126 valence electrons. The number of piperidine rings is 1. The summed E-state index contributed by atoms with van der Waals surface area (Å²) in [7, 11) is 0. The maximum atomic E-state index is 12.9. The molecule has 3 rings (SSSR count). The predicted octanol–water partition coefficient (Wildman–Crippen LogP) is 4.63. The van der Waals surface area contributed by atoms with Crippen LogP contribution in [0.15, 0.2) is 60.7 Å². The third kappa shape index (κ3) is 5.20. The van der Waals surface area contributed by atoms with Crippen LogP contribution in [0.1, 0.15) is 18.4 Å². The molecular weight excluding hydrogens is 301 g/mol. The van der Waals surface area contributed by atoms with Crippen molar-refractivity contribution >= 4 is 6.08 Å². The van der Waals surface area contributed by atoms with E-state index >= 15 is 0 Å². The van der Waals surface area contributed by atoms with Gasteiger partial charge < -0.3 is 4.74 Å². The van der Waals surface area contributed by atoms with Gasteiger partial charge in [0.1, 0.15) is 11.6 Å². The molecule has 1 atom stereocenters. The number of likely N-dealkylation sites (tertiary alicyclic amines) is 1. The Hall–Kier alpha value is -2.13. The Kier molecular flexibility index (Phi) is 6.02. The number of nitrogens with zero attached hydrogens (tertiary/aromatic N) is 1. The van der Waals surface area contributed by atoms with Crippen molar-refractivity contribution < 1.29 is 9.13 Å². The minimum absolute atomic E-state index is 0.226. The topological polar surface area (TPSA) is 12.5 Å². The first-order valence-electron chi connectivity index (χ1n) is 8.62. The van der Waals surface area contributed by atoms with Crippen molar-refractivity contribution in [3.8, 4) is 5.75 Å². The molecule has 3 heteroatoms. The normalized spacial score (nSPS) is 18.8. The van der Waals surface area contributed by atoms with Crippen LogP contribution in [0.5, 0.6) is 5.75 Å². The quantitative estimate of drug-likeness (QED) is 0.768. The summed E-state index contributed by atoms with van der Waals surface area (Å²) in [5.41, 5.74) is 1.24. The van der Waals surface area contributed by atoms with E-state index in [2.05, 4.69) is 41.3 Å². The van der Waals surface area contributed by atoms with Crippen LogP contribution < -0.4 is 4.74 Å². The van der Waals surface area contributed by atoms with Crippen molar-refractivity contribution in [1.82, 2.24) is 4.90 Å². The standard InChI is InChI=1S/C21H24FNO/c22-20-10-12-21(13-11-20)24-17-19-9-5-15-23(16-19)14-4-8-18-6-2-1-3-7-18/h1-4,6-8,10-13,19H,5,9,14-17H2. The first-order valence-corrected chi connectivity index (χ1v) is 8.62. The predicted molar refractivity (Wildman–Crippen MR) is 96.5 cm³/mol. The van der Waals surface area contributed by atoms with E-state index < -0.39 is 0 Å². The summed E-state index contributed by atoms with van der Waals surface area (Å²) in [6.45, 7) is 3.87. The minimum atomic E-state index is -0.226. The summed E-state index contributed by atoms with van der Waals surface area (Å²) in [4.78, 5) is 2.47. The van der Waals surface area contributed by atoms with Crippen LogP contribution in [0.2, 0.25) is 0 Å². The fourth-order valence-corrected chi connectivity index (χ4v) is 3.10. The highest BCUT2D eigenvalue weighted by Gasteiger charge is 2.19. The number of ether oxygens (including phenoxy) is 1. The molecule has 0 saturated carbocycles.